The minimum Gasteiger partial charge on any atom is -0.490 e. The smallest absolute Gasteiger partial charge is 0.315 e. The summed E-state index contributed by atoms with van der Waals surface area (Å²) in [5.41, 5.74) is 1.09. The monoisotopic (exact) mass is 296 g/mol. The van der Waals surface area contributed by atoms with E-state index in [2.05, 4.69) is 10.6 Å². The predicted octanol–water partition coefficient (Wildman–Crippen LogP) is 3.27. The van der Waals surface area contributed by atoms with Gasteiger partial charge in [0.05, 0.1) is 11.6 Å². The van der Waals surface area contributed by atoms with Crippen LogP contribution in [0.2, 0.25) is 5.02 Å². The summed E-state index contributed by atoms with van der Waals surface area (Å²) in [7, 11) is 0. The Labute approximate surface area is 124 Å². The van der Waals surface area contributed by atoms with Gasteiger partial charge in [-0.2, -0.15) is 0 Å². The van der Waals surface area contributed by atoms with Crippen LogP contribution in [0.1, 0.15) is 31.2 Å². The van der Waals surface area contributed by atoms with Crippen molar-refractivity contribution in [1.82, 2.24) is 10.6 Å². The van der Waals surface area contributed by atoms with Crippen molar-refractivity contribution in [2.45, 2.75) is 38.6 Å². The van der Waals surface area contributed by atoms with E-state index in [-0.39, 0.29) is 6.03 Å². The second-order valence-electron chi connectivity index (χ2n) is 5.16. The van der Waals surface area contributed by atoms with Crippen LogP contribution in [-0.2, 0) is 0 Å². The zero-order valence-electron chi connectivity index (χ0n) is 11.7. The SMILES string of the molecule is Cc1ccc(Cl)c(OCCNC(=O)NC2CCCC2)c1. The quantitative estimate of drug-likeness (QED) is 0.819. The molecule has 2 N–H and O–H groups in total. The Morgan fingerprint density at radius 2 is 2.15 bits per heavy atom. The largest absolute Gasteiger partial charge is 0.490 e. The Balaban J connectivity index is 1.65. The van der Waals surface area contributed by atoms with Crippen molar-refractivity contribution in [1.29, 1.82) is 0 Å². The molecule has 0 atom stereocenters. The van der Waals surface area contributed by atoms with E-state index in [9.17, 15) is 4.79 Å². The summed E-state index contributed by atoms with van der Waals surface area (Å²) in [5, 5.41) is 6.35. The molecule has 5 heteroatoms. The molecule has 2 rings (SSSR count). The zero-order valence-corrected chi connectivity index (χ0v) is 12.5. The molecule has 0 spiro atoms. The number of nitrogens with one attached hydrogen (secondary N) is 2. The Bertz CT molecular complexity index is 459. The molecular weight excluding hydrogens is 276 g/mol. The topological polar surface area (TPSA) is 50.4 Å². The van der Waals surface area contributed by atoms with Crippen molar-refractivity contribution in [2.24, 2.45) is 0 Å². The van der Waals surface area contributed by atoms with Gasteiger partial charge in [-0.1, -0.05) is 30.5 Å². The maximum Gasteiger partial charge on any atom is 0.315 e. The lowest BCUT2D eigenvalue weighted by molar-refractivity contribution is 0.233. The zero-order chi connectivity index (χ0) is 14.4. The molecule has 20 heavy (non-hydrogen) atoms. The molecule has 1 fully saturated rings. The third kappa shape index (κ3) is 4.60. The summed E-state index contributed by atoms with van der Waals surface area (Å²) in [4.78, 5) is 11.6. The fourth-order valence-electron chi connectivity index (χ4n) is 2.35. The molecule has 110 valence electrons. The highest BCUT2D eigenvalue weighted by Crippen LogP contribution is 2.24. The van der Waals surface area contributed by atoms with Crippen molar-refractivity contribution in [3.63, 3.8) is 0 Å². The highest BCUT2D eigenvalue weighted by molar-refractivity contribution is 6.32. The summed E-state index contributed by atoms with van der Waals surface area (Å²) in [5.74, 6) is 0.657. The number of benzene rings is 1. The maximum absolute atomic E-state index is 11.6. The van der Waals surface area contributed by atoms with Crippen LogP contribution in [0.4, 0.5) is 4.79 Å². The number of urea groups is 1. The van der Waals surface area contributed by atoms with Crippen molar-refractivity contribution in [3.05, 3.63) is 28.8 Å². The van der Waals surface area contributed by atoms with E-state index >= 15 is 0 Å². The number of ether oxygens (including phenoxy) is 1. The molecule has 0 bridgehead atoms. The van der Waals surface area contributed by atoms with E-state index in [4.69, 9.17) is 16.3 Å². The number of hydrogen-bond donors (Lipinski definition) is 2. The second kappa shape index (κ2) is 7.39. The first kappa shape index (κ1) is 15.0. The molecule has 1 aromatic rings. The van der Waals surface area contributed by atoms with Crippen LogP contribution in [0.15, 0.2) is 18.2 Å². The van der Waals surface area contributed by atoms with Gasteiger partial charge in [0.15, 0.2) is 0 Å². The van der Waals surface area contributed by atoms with Crippen LogP contribution >= 0.6 is 11.6 Å². The highest BCUT2D eigenvalue weighted by Gasteiger charge is 2.16. The fourth-order valence-corrected chi connectivity index (χ4v) is 2.53. The van der Waals surface area contributed by atoms with Gasteiger partial charge in [-0.05, 0) is 37.5 Å². The van der Waals surface area contributed by atoms with E-state index in [0.717, 1.165) is 18.4 Å². The lowest BCUT2D eigenvalue weighted by Gasteiger charge is -2.13. The van der Waals surface area contributed by atoms with Crippen LogP contribution in [0.5, 0.6) is 5.75 Å². The molecular formula is C15H21ClN2O2. The van der Waals surface area contributed by atoms with Crippen molar-refractivity contribution in [3.8, 4) is 5.75 Å². The van der Waals surface area contributed by atoms with Gasteiger partial charge in [0.2, 0.25) is 0 Å². The molecule has 1 aliphatic carbocycles. The van der Waals surface area contributed by atoms with E-state index in [1.165, 1.54) is 12.8 Å². The Morgan fingerprint density at radius 1 is 1.40 bits per heavy atom. The molecule has 1 aromatic carbocycles. The minimum atomic E-state index is -0.115. The first-order chi connectivity index (χ1) is 9.65. The van der Waals surface area contributed by atoms with Crippen LogP contribution in [0.25, 0.3) is 0 Å². The van der Waals surface area contributed by atoms with Gasteiger partial charge in [0.1, 0.15) is 12.4 Å². The molecule has 0 saturated heterocycles. The Hall–Kier alpha value is -1.42. The average molecular weight is 297 g/mol. The first-order valence-corrected chi connectivity index (χ1v) is 7.46. The third-order valence-corrected chi connectivity index (χ3v) is 3.73. The van der Waals surface area contributed by atoms with Crippen LogP contribution < -0.4 is 15.4 Å². The number of rotatable bonds is 5. The average Bonchev–Trinajstić information content (AvgIpc) is 2.91. The number of amides is 2. The van der Waals surface area contributed by atoms with Gasteiger partial charge in [0, 0.05) is 6.04 Å². The highest BCUT2D eigenvalue weighted by atomic mass is 35.5. The fraction of sp³-hybridized carbons (Fsp3) is 0.533. The van der Waals surface area contributed by atoms with Gasteiger partial charge >= 0.3 is 6.03 Å². The molecule has 4 nitrogen and oxygen atoms in total. The summed E-state index contributed by atoms with van der Waals surface area (Å²) < 4.78 is 5.56. The van der Waals surface area contributed by atoms with Gasteiger partial charge in [0.25, 0.3) is 0 Å². The molecule has 0 radical (unpaired) electrons. The van der Waals surface area contributed by atoms with Gasteiger partial charge < -0.3 is 15.4 Å². The molecule has 0 unspecified atom stereocenters. The van der Waals surface area contributed by atoms with E-state index in [1.807, 2.05) is 25.1 Å². The molecule has 2 amide bonds. The summed E-state index contributed by atoms with van der Waals surface area (Å²) >= 11 is 6.03. The lowest BCUT2D eigenvalue weighted by Crippen LogP contribution is -2.42. The van der Waals surface area contributed by atoms with Crippen LogP contribution in [-0.4, -0.2) is 25.2 Å². The molecule has 0 aromatic heterocycles. The van der Waals surface area contributed by atoms with Crippen molar-refractivity contribution in [2.75, 3.05) is 13.2 Å². The summed E-state index contributed by atoms with van der Waals surface area (Å²) in [6, 6.07) is 5.86. The van der Waals surface area contributed by atoms with Gasteiger partial charge in [-0.25, -0.2) is 4.79 Å². The normalized spacial score (nSPS) is 15.1. The summed E-state index contributed by atoms with van der Waals surface area (Å²) in [6.45, 7) is 2.85. The van der Waals surface area contributed by atoms with E-state index in [1.54, 1.807) is 0 Å². The van der Waals surface area contributed by atoms with Crippen molar-refractivity contribution >= 4 is 17.6 Å². The number of aryl methyl sites for hydroxylation is 1. The summed E-state index contributed by atoms with van der Waals surface area (Å²) in [6.07, 6.45) is 4.59. The number of hydrogen-bond acceptors (Lipinski definition) is 2. The lowest BCUT2D eigenvalue weighted by atomic mass is 10.2. The van der Waals surface area contributed by atoms with Gasteiger partial charge in [-0.15, -0.1) is 0 Å². The Morgan fingerprint density at radius 3 is 2.90 bits per heavy atom. The second-order valence-corrected chi connectivity index (χ2v) is 5.57. The van der Waals surface area contributed by atoms with Crippen LogP contribution in [0.3, 0.4) is 0 Å². The minimum absolute atomic E-state index is 0.115. The predicted molar refractivity (Wildman–Crippen MR) is 80.5 cm³/mol. The van der Waals surface area contributed by atoms with Crippen molar-refractivity contribution < 1.29 is 9.53 Å². The first-order valence-electron chi connectivity index (χ1n) is 7.08. The number of carbonyl (C=O) groups excluding carboxylic acids is 1. The molecule has 0 heterocycles. The maximum atomic E-state index is 11.6. The number of halogens is 1. The van der Waals surface area contributed by atoms with E-state index < -0.39 is 0 Å². The van der Waals surface area contributed by atoms with Crippen LogP contribution in [0, 0.1) is 6.92 Å². The standard InChI is InChI=1S/C15H21ClN2O2/c1-11-6-7-13(16)14(10-11)20-9-8-17-15(19)18-12-4-2-3-5-12/h6-7,10,12H,2-5,8-9H2,1H3,(H2,17,18,19). The van der Waals surface area contributed by atoms with Gasteiger partial charge in [-0.3, -0.25) is 0 Å². The third-order valence-electron chi connectivity index (χ3n) is 3.42. The molecule has 1 aliphatic rings. The number of carbonyl (C=O) groups is 1. The molecule has 0 aliphatic heterocycles. The molecule has 1 saturated carbocycles. The van der Waals surface area contributed by atoms with E-state index in [0.29, 0.717) is 30.0 Å². The Kier molecular flexibility index (Phi) is 5.53.